The molecule has 1 aromatic rings. The summed E-state index contributed by atoms with van der Waals surface area (Å²) in [5.74, 6) is 3.45. The third-order valence-electron chi connectivity index (χ3n) is 3.60. The van der Waals surface area contributed by atoms with Crippen LogP contribution in [0.5, 0.6) is 0 Å². The predicted molar refractivity (Wildman–Crippen MR) is 83.5 cm³/mol. The van der Waals surface area contributed by atoms with Crippen molar-refractivity contribution >= 4 is 29.2 Å². The highest BCUT2D eigenvalue weighted by molar-refractivity contribution is 8.03. The van der Waals surface area contributed by atoms with Gasteiger partial charge in [0.15, 0.2) is 0 Å². The Kier molecular flexibility index (Phi) is 3.90. The van der Waals surface area contributed by atoms with E-state index in [4.69, 9.17) is 0 Å². The lowest BCUT2D eigenvalue weighted by molar-refractivity contribution is 0.599. The molecule has 0 saturated carbocycles. The maximum absolute atomic E-state index is 2.52. The quantitative estimate of drug-likeness (QED) is 0.777. The van der Waals surface area contributed by atoms with Crippen LogP contribution in [0.2, 0.25) is 0 Å². The number of allylic oxidation sites excluding steroid dienone is 1. The Morgan fingerprint density at radius 1 is 1.28 bits per heavy atom. The standard InChI is InChI=1S/C15H19NS2/c1-2-16-13-5-3-4-6-14(13)18-15(16)11-12-7-9-17-10-8-12/h3-6,11-12H,2,7-10H2,1H3/b15-11-. The van der Waals surface area contributed by atoms with E-state index in [1.807, 2.05) is 11.8 Å². The van der Waals surface area contributed by atoms with Crippen LogP contribution in [-0.2, 0) is 0 Å². The van der Waals surface area contributed by atoms with Crippen molar-refractivity contribution in [3.05, 3.63) is 35.4 Å². The minimum atomic E-state index is 0.789. The molecule has 0 amide bonds. The number of benzene rings is 1. The van der Waals surface area contributed by atoms with Gasteiger partial charge in [-0.2, -0.15) is 11.8 Å². The van der Waals surface area contributed by atoms with Gasteiger partial charge in [-0.25, -0.2) is 0 Å². The van der Waals surface area contributed by atoms with E-state index in [1.54, 1.807) is 0 Å². The van der Waals surface area contributed by atoms with E-state index in [0.717, 1.165) is 12.5 Å². The van der Waals surface area contributed by atoms with Gasteiger partial charge in [-0.15, -0.1) is 0 Å². The van der Waals surface area contributed by atoms with Crippen molar-refractivity contribution in [1.29, 1.82) is 0 Å². The molecular formula is C15H19NS2. The number of rotatable bonds is 2. The highest BCUT2D eigenvalue weighted by Crippen LogP contribution is 2.46. The SMILES string of the molecule is CCN1/C(=C/C2CCSCC2)Sc2ccccc21. The molecule has 1 aromatic carbocycles. The van der Waals surface area contributed by atoms with Gasteiger partial charge in [0.05, 0.1) is 10.7 Å². The number of thioether (sulfide) groups is 2. The molecule has 3 rings (SSSR count). The normalized spacial score (nSPS) is 22.5. The van der Waals surface area contributed by atoms with E-state index >= 15 is 0 Å². The summed E-state index contributed by atoms with van der Waals surface area (Å²) in [6.07, 6.45) is 5.22. The molecule has 0 radical (unpaired) electrons. The number of para-hydroxylation sites is 1. The van der Waals surface area contributed by atoms with Gasteiger partial charge in [0.1, 0.15) is 0 Å². The van der Waals surface area contributed by atoms with Crippen molar-refractivity contribution < 1.29 is 0 Å². The fourth-order valence-electron chi connectivity index (χ4n) is 2.59. The van der Waals surface area contributed by atoms with Gasteiger partial charge in [-0.3, -0.25) is 0 Å². The first-order valence-corrected chi connectivity index (χ1v) is 8.69. The molecule has 0 bridgehead atoms. The molecule has 0 aliphatic carbocycles. The molecule has 0 unspecified atom stereocenters. The van der Waals surface area contributed by atoms with Crippen LogP contribution < -0.4 is 4.90 Å². The van der Waals surface area contributed by atoms with Gasteiger partial charge in [-0.1, -0.05) is 30.0 Å². The summed E-state index contributed by atoms with van der Waals surface area (Å²) in [5.41, 5.74) is 1.39. The number of hydrogen-bond acceptors (Lipinski definition) is 3. The smallest absolute Gasteiger partial charge is 0.0763 e. The van der Waals surface area contributed by atoms with E-state index in [0.29, 0.717) is 0 Å². The lowest BCUT2D eigenvalue weighted by atomic mass is 10.0. The average Bonchev–Trinajstić information content (AvgIpc) is 2.77. The van der Waals surface area contributed by atoms with E-state index in [-0.39, 0.29) is 0 Å². The van der Waals surface area contributed by atoms with Gasteiger partial charge in [0.25, 0.3) is 0 Å². The van der Waals surface area contributed by atoms with E-state index in [1.165, 1.54) is 40.0 Å². The Bertz CT molecular complexity index is 450. The molecule has 2 aliphatic heterocycles. The second-order valence-electron chi connectivity index (χ2n) is 4.77. The van der Waals surface area contributed by atoms with Crippen LogP contribution in [0.3, 0.4) is 0 Å². The van der Waals surface area contributed by atoms with Crippen molar-refractivity contribution in [2.75, 3.05) is 23.0 Å². The van der Waals surface area contributed by atoms with Gasteiger partial charge in [-0.05, 0) is 49.3 Å². The molecular weight excluding hydrogens is 258 g/mol. The van der Waals surface area contributed by atoms with Crippen molar-refractivity contribution in [3.8, 4) is 0 Å². The van der Waals surface area contributed by atoms with Gasteiger partial charge in [0, 0.05) is 11.4 Å². The van der Waals surface area contributed by atoms with Crippen molar-refractivity contribution in [1.82, 2.24) is 0 Å². The van der Waals surface area contributed by atoms with Crippen LogP contribution in [0, 0.1) is 5.92 Å². The Labute approximate surface area is 118 Å². The third kappa shape index (κ3) is 2.43. The molecule has 1 nitrogen and oxygen atoms in total. The number of anilines is 1. The number of nitrogens with zero attached hydrogens (tertiary/aromatic N) is 1. The van der Waals surface area contributed by atoms with Gasteiger partial charge < -0.3 is 4.90 Å². The molecule has 96 valence electrons. The van der Waals surface area contributed by atoms with Gasteiger partial charge in [0.2, 0.25) is 0 Å². The fourth-order valence-corrected chi connectivity index (χ4v) is 4.98. The highest BCUT2D eigenvalue weighted by Gasteiger charge is 2.24. The largest absolute Gasteiger partial charge is 0.336 e. The first-order chi connectivity index (χ1) is 8.88. The van der Waals surface area contributed by atoms with E-state index in [9.17, 15) is 0 Å². The van der Waals surface area contributed by atoms with Crippen molar-refractivity contribution in [2.45, 2.75) is 24.7 Å². The summed E-state index contributed by atoms with van der Waals surface area (Å²) in [6, 6.07) is 8.76. The van der Waals surface area contributed by atoms with Crippen LogP contribution in [0.25, 0.3) is 0 Å². The number of hydrogen-bond donors (Lipinski definition) is 0. The summed E-state index contributed by atoms with van der Waals surface area (Å²) in [5, 5.41) is 1.45. The molecule has 18 heavy (non-hydrogen) atoms. The topological polar surface area (TPSA) is 3.24 Å². The lowest BCUT2D eigenvalue weighted by Gasteiger charge is -2.22. The molecule has 0 N–H and O–H groups in total. The fraction of sp³-hybridized carbons (Fsp3) is 0.467. The summed E-state index contributed by atoms with van der Waals surface area (Å²) in [7, 11) is 0. The molecule has 2 heterocycles. The van der Waals surface area contributed by atoms with Crippen LogP contribution in [-0.4, -0.2) is 18.1 Å². The maximum Gasteiger partial charge on any atom is 0.0763 e. The lowest BCUT2D eigenvalue weighted by Crippen LogP contribution is -2.18. The number of fused-ring (bicyclic) bond motifs is 1. The van der Waals surface area contributed by atoms with Gasteiger partial charge >= 0.3 is 0 Å². The molecule has 0 aromatic heterocycles. The van der Waals surface area contributed by atoms with E-state index in [2.05, 4.69) is 53.9 Å². The van der Waals surface area contributed by atoms with Crippen LogP contribution in [0.15, 0.2) is 40.3 Å². The summed E-state index contributed by atoms with van der Waals surface area (Å²) < 4.78 is 0. The zero-order chi connectivity index (χ0) is 12.4. The molecule has 0 atom stereocenters. The molecule has 3 heteroatoms. The minimum Gasteiger partial charge on any atom is -0.336 e. The van der Waals surface area contributed by atoms with Crippen molar-refractivity contribution in [2.24, 2.45) is 5.92 Å². The molecule has 0 spiro atoms. The summed E-state index contributed by atoms with van der Waals surface area (Å²) in [6.45, 7) is 3.31. The van der Waals surface area contributed by atoms with Crippen molar-refractivity contribution in [3.63, 3.8) is 0 Å². The molecule has 1 fully saturated rings. The van der Waals surface area contributed by atoms with E-state index < -0.39 is 0 Å². The zero-order valence-electron chi connectivity index (χ0n) is 10.8. The predicted octanol–water partition coefficient (Wildman–Crippen LogP) is 4.60. The molecule has 2 aliphatic rings. The highest BCUT2D eigenvalue weighted by atomic mass is 32.2. The Morgan fingerprint density at radius 2 is 2.06 bits per heavy atom. The Morgan fingerprint density at radius 3 is 2.83 bits per heavy atom. The minimum absolute atomic E-state index is 0.789. The summed E-state index contributed by atoms with van der Waals surface area (Å²) >= 11 is 4.04. The maximum atomic E-state index is 2.52. The first-order valence-electron chi connectivity index (χ1n) is 6.72. The average molecular weight is 277 g/mol. The van der Waals surface area contributed by atoms with Crippen LogP contribution in [0.1, 0.15) is 19.8 Å². The van der Waals surface area contributed by atoms with Crippen LogP contribution in [0.4, 0.5) is 5.69 Å². The second kappa shape index (κ2) is 5.62. The monoisotopic (exact) mass is 277 g/mol. The Hall–Kier alpha value is -0.540. The van der Waals surface area contributed by atoms with Crippen LogP contribution >= 0.6 is 23.5 Å². The Balaban J connectivity index is 1.84. The first kappa shape index (κ1) is 12.5. The zero-order valence-corrected chi connectivity index (χ0v) is 12.4. The second-order valence-corrected chi connectivity index (χ2v) is 7.06. The third-order valence-corrected chi connectivity index (χ3v) is 5.78. The summed E-state index contributed by atoms with van der Waals surface area (Å²) in [4.78, 5) is 3.87. The molecule has 1 saturated heterocycles.